The predicted octanol–water partition coefficient (Wildman–Crippen LogP) is 2.12. The molecular weight excluding hydrogens is 424 g/mol. The molecular formula is C26H36O7. The molecule has 7 heteroatoms. The van der Waals surface area contributed by atoms with Gasteiger partial charge in [0.2, 0.25) is 0 Å². The maximum absolute atomic E-state index is 12.3. The van der Waals surface area contributed by atoms with Crippen molar-refractivity contribution in [3.63, 3.8) is 0 Å². The van der Waals surface area contributed by atoms with Gasteiger partial charge in [0, 0.05) is 24.7 Å². The Balaban J connectivity index is 1.75. The summed E-state index contributed by atoms with van der Waals surface area (Å²) in [6, 6.07) is 9.91. The number of carbonyl (C=O) groups is 2. The number of aryl methyl sites for hydroxylation is 1. The highest BCUT2D eigenvalue weighted by Gasteiger charge is 2.39. The molecule has 1 aliphatic rings. The Morgan fingerprint density at radius 2 is 1.88 bits per heavy atom. The smallest absolute Gasteiger partial charge is 0.306 e. The number of unbranched alkanes of at least 4 members (excludes halogenated alkanes) is 1. The maximum Gasteiger partial charge on any atom is 0.306 e. The molecule has 0 aromatic heterocycles. The summed E-state index contributed by atoms with van der Waals surface area (Å²) in [5.74, 6) is -1.10. The molecule has 0 bridgehead atoms. The van der Waals surface area contributed by atoms with Crippen LogP contribution >= 0.6 is 0 Å². The first-order valence-corrected chi connectivity index (χ1v) is 11.6. The van der Waals surface area contributed by atoms with E-state index in [9.17, 15) is 19.8 Å². The van der Waals surface area contributed by atoms with Crippen molar-refractivity contribution < 1.29 is 34.8 Å². The van der Waals surface area contributed by atoms with E-state index in [-0.39, 0.29) is 30.5 Å². The summed E-state index contributed by atoms with van der Waals surface area (Å²) in [7, 11) is 0. The lowest BCUT2D eigenvalue weighted by atomic mass is 9.90. The molecule has 1 aromatic carbocycles. The summed E-state index contributed by atoms with van der Waals surface area (Å²) in [6.45, 7) is -0.827. The molecule has 4 atom stereocenters. The predicted molar refractivity (Wildman–Crippen MR) is 124 cm³/mol. The fourth-order valence-corrected chi connectivity index (χ4v) is 3.94. The third-order valence-corrected chi connectivity index (χ3v) is 5.87. The number of aliphatic hydroxyl groups is 4. The number of ether oxygens (including phenoxy) is 1. The topological polar surface area (TPSA) is 124 Å². The number of ketones is 1. The molecule has 182 valence electrons. The van der Waals surface area contributed by atoms with Gasteiger partial charge in [-0.25, -0.2) is 0 Å². The lowest BCUT2D eigenvalue weighted by Crippen LogP contribution is -2.25. The van der Waals surface area contributed by atoms with Crippen LogP contribution in [0, 0.1) is 11.8 Å². The van der Waals surface area contributed by atoms with Crippen molar-refractivity contribution in [3.8, 4) is 0 Å². The number of Topliss-reactive ketones (excluding diaryl/α,β-unsaturated/α-hetero) is 1. The molecule has 1 saturated carbocycles. The Labute approximate surface area is 195 Å². The van der Waals surface area contributed by atoms with Gasteiger partial charge < -0.3 is 25.2 Å². The van der Waals surface area contributed by atoms with Gasteiger partial charge in [-0.3, -0.25) is 9.59 Å². The SMILES string of the molecule is O=C(CCCC=CC[C@H]1C(=O)CC(O)[C@@H]1C=CC(O)CCc1ccccc1)OC(CO)CO. The highest BCUT2D eigenvalue weighted by atomic mass is 16.6. The van der Waals surface area contributed by atoms with Crippen LogP contribution in [0.3, 0.4) is 0 Å². The van der Waals surface area contributed by atoms with Crippen LogP contribution in [0.25, 0.3) is 0 Å². The van der Waals surface area contributed by atoms with Crippen molar-refractivity contribution in [2.24, 2.45) is 11.8 Å². The lowest BCUT2D eigenvalue weighted by Gasteiger charge is -2.16. The highest BCUT2D eigenvalue weighted by molar-refractivity contribution is 5.84. The number of aliphatic hydroxyl groups excluding tert-OH is 4. The summed E-state index contributed by atoms with van der Waals surface area (Å²) in [4.78, 5) is 23.9. The zero-order valence-electron chi connectivity index (χ0n) is 19.0. The van der Waals surface area contributed by atoms with Gasteiger partial charge in [0.15, 0.2) is 0 Å². The first kappa shape index (κ1) is 26.9. The average molecular weight is 461 g/mol. The van der Waals surface area contributed by atoms with E-state index < -0.39 is 37.5 Å². The molecule has 0 saturated heterocycles. The van der Waals surface area contributed by atoms with Crippen LogP contribution in [-0.4, -0.2) is 63.7 Å². The second kappa shape index (κ2) is 14.8. The summed E-state index contributed by atoms with van der Waals surface area (Å²) >= 11 is 0. The Bertz CT molecular complexity index is 770. The number of hydrogen-bond acceptors (Lipinski definition) is 7. The van der Waals surface area contributed by atoms with E-state index in [1.165, 1.54) is 0 Å². The second-order valence-electron chi connectivity index (χ2n) is 8.47. The molecule has 33 heavy (non-hydrogen) atoms. The molecule has 0 radical (unpaired) electrons. The van der Waals surface area contributed by atoms with E-state index >= 15 is 0 Å². The second-order valence-corrected chi connectivity index (χ2v) is 8.47. The van der Waals surface area contributed by atoms with Crippen molar-refractivity contribution in [3.05, 3.63) is 60.2 Å². The van der Waals surface area contributed by atoms with Gasteiger partial charge in [-0.1, -0.05) is 54.6 Å². The first-order valence-electron chi connectivity index (χ1n) is 11.6. The van der Waals surface area contributed by atoms with E-state index in [0.29, 0.717) is 25.7 Å². The minimum Gasteiger partial charge on any atom is -0.457 e. The van der Waals surface area contributed by atoms with Crippen LogP contribution in [0.4, 0.5) is 0 Å². The third-order valence-electron chi connectivity index (χ3n) is 5.87. The Hall–Kier alpha value is -2.32. The van der Waals surface area contributed by atoms with Crippen molar-refractivity contribution >= 4 is 11.8 Å². The van der Waals surface area contributed by atoms with Gasteiger partial charge in [0.25, 0.3) is 0 Å². The molecule has 0 aliphatic heterocycles. The molecule has 2 rings (SSSR count). The number of rotatable bonds is 14. The van der Waals surface area contributed by atoms with Gasteiger partial charge in [-0.2, -0.15) is 0 Å². The summed E-state index contributed by atoms with van der Waals surface area (Å²) < 4.78 is 4.90. The van der Waals surface area contributed by atoms with Crippen LogP contribution in [0.5, 0.6) is 0 Å². The molecule has 2 unspecified atom stereocenters. The molecule has 1 aliphatic carbocycles. The third kappa shape index (κ3) is 9.60. The number of allylic oxidation sites excluding steroid dienone is 2. The Morgan fingerprint density at radius 1 is 1.15 bits per heavy atom. The van der Waals surface area contributed by atoms with Gasteiger partial charge >= 0.3 is 5.97 Å². The van der Waals surface area contributed by atoms with Gasteiger partial charge in [0.1, 0.15) is 11.9 Å². The van der Waals surface area contributed by atoms with Gasteiger partial charge in [-0.05, 0) is 37.7 Å². The van der Waals surface area contributed by atoms with Crippen molar-refractivity contribution in [2.45, 2.75) is 63.3 Å². The number of carbonyl (C=O) groups excluding carboxylic acids is 2. The highest BCUT2D eigenvalue weighted by Crippen LogP contribution is 2.33. The number of esters is 1. The summed E-state index contributed by atoms with van der Waals surface area (Å²) in [5, 5.41) is 38.4. The molecule has 0 spiro atoms. The minimum atomic E-state index is -0.880. The van der Waals surface area contributed by atoms with Crippen LogP contribution in [0.1, 0.15) is 44.1 Å². The van der Waals surface area contributed by atoms with Gasteiger partial charge in [-0.15, -0.1) is 0 Å². The van der Waals surface area contributed by atoms with E-state index in [0.717, 1.165) is 12.0 Å². The number of hydrogen-bond donors (Lipinski definition) is 4. The quantitative estimate of drug-likeness (QED) is 0.190. The van der Waals surface area contributed by atoms with Crippen molar-refractivity contribution in [1.82, 2.24) is 0 Å². The molecule has 7 nitrogen and oxygen atoms in total. The Kier molecular flexibility index (Phi) is 12.0. The maximum atomic E-state index is 12.3. The van der Waals surface area contributed by atoms with E-state index in [1.54, 1.807) is 12.2 Å². The standard InChI is InChI=1S/C26H36O7/c27-17-21(18-28)33-26(32)11-7-2-1-6-10-22-23(25(31)16-24(22)30)15-14-20(29)13-12-19-8-4-3-5-9-19/h1,3-6,8-9,14-15,20-23,25,27-29,31H,2,7,10-13,16-18H2/t20?,22-,23-,25?/m1/s1. The zero-order chi connectivity index (χ0) is 24.1. The van der Waals surface area contributed by atoms with Gasteiger partial charge in [0.05, 0.1) is 25.4 Å². The molecule has 4 N–H and O–H groups in total. The van der Waals surface area contributed by atoms with E-state index in [2.05, 4.69) is 0 Å². The largest absolute Gasteiger partial charge is 0.457 e. The minimum absolute atomic E-state index is 0.0169. The molecule has 1 fully saturated rings. The fourth-order valence-electron chi connectivity index (χ4n) is 3.94. The molecule has 1 aromatic rings. The van der Waals surface area contributed by atoms with Crippen molar-refractivity contribution in [1.29, 1.82) is 0 Å². The monoisotopic (exact) mass is 460 g/mol. The van der Waals surface area contributed by atoms with E-state index in [4.69, 9.17) is 14.9 Å². The van der Waals surface area contributed by atoms with E-state index in [1.807, 2.05) is 42.5 Å². The average Bonchev–Trinajstić information content (AvgIpc) is 3.09. The van der Waals surface area contributed by atoms with Crippen molar-refractivity contribution in [2.75, 3.05) is 13.2 Å². The van der Waals surface area contributed by atoms with Crippen LogP contribution in [0.2, 0.25) is 0 Å². The Morgan fingerprint density at radius 3 is 2.58 bits per heavy atom. The fraction of sp³-hybridized carbons (Fsp3) is 0.538. The summed E-state index contributed by atoms with van der Waals surface area (Å²) in [5.41, 5.74) is 1.15. The zero-order valence-corrected chi connectivity index (χ0v) is 19.0. The first-order chi connectivity index (χ1) is 15.9. The lowest BCUT2D eigenvalue weighted by molar-refractivity contribution is -0.153. The molecule has 0 amide bonds. The van der Waals surface area contributed by atoms with Crippen LogP contribution < -0.4 is 0 Å². The van der Waals surface area contributed by atoms with Crippen LogP contribution in [-0.2, 0) is 20.7 Å². The summed E-state index contributed by atoms with van der Waals surface area (Å²) in [6.07, 6.45) is 8.28. The van der Waals surface area contributed by atoms with Crippen LogP contribution in [0.15, 0.2) is 54.6 Å². The molecule has 0 heterocycles. The normalized spacial score (nSPS) is 22.0. The number of benzene rings is 1.